The Kier molecular flexibility index (Phi) is 6.70. The molecule has 1 aliphatic heterocycles. The Bertz CT molecular complexity index is 870. The lowest BCUT2D eigenvalue weighted by Gasteiger charge is -2.31. The first-order chi connectivity index (χ1) is 14.8. The van der Waals surface area contributed by atoms with Crippen molar-refractivity contribution in [1.29, 1.82) is 0 Å². The SMILES string of the molecule is O=C(NCCC(c1ccccc1)c1ccccc1)C1CCN(c2ncccn2)CC1. The summed E-state index contributed by atoms with van der Waals surface area (Å²) >= 11 is 0. The lowest BCUT2D eigenvalue weighted by atomic mass is 9.88. The molecule has 1 saturated heterocycles. The minimum Gasteiger partial charge on any atom is -0.356 e. The topological polar surface area (TPSA) is 58.1 Å². The number of anilines is 1. The first kappa shape index (κ1) is 20.1. The Morgan fingerprint density at radius 1 is 0.900 bits per heavy atom. The van der Waals surface area contributed by atoms with Crippen LogP contribution in [0.4, 0.5) is 5.95 Å². The molecule has 2 heterocycles. The van der Waals surface area contributed by atoms with Crippen molar-refractivity contribution in [2.24, 2.45) is 5.92 Å². The van der Waals surface area contributed by atoms with Crippen molar-refractivity contribution in [1.82, 2.24) is 15.3 Å². The zero-order valence-electron chi connectivity index (χ0n) is 17.2. The fourth-order valence-corrected chi connectivity index (χ4v) is 4.18. The molecule has 1 aliphatic rings. The number of nitrogens with one attached hydrogen (secondary N) is 1. The van der Waals surface area contributed by atoms with Crippen molar-refractivity contribution in [2.45, 2.75) is 25.2 Å². The zero-order chi connectivity index (χ0) is 20.6. The van der Waals surface area contributed by atoms with Gasteiger partial charge in [0.25, 0.3) is 0 Å². The number of hydrogen-bond donors (Lipinski definition) is 1. The molecule has 0 aliphatic carbocycles. The minimum atomic E-state index is 0.0665. The smallest absolute Gasteiger partial charge is 0.225 e. The second-order valence-electron chi connectivity index (χ2n) is 7.76. The number of carbonyl (C=O) groups excluding carboxylic acids is 1. The molecule has 30 heavy (non-hydrogen) atoms. The highest BCUT2D eigenvalue weighted by Crippen LogP contribution is 2.27. The maximum absolute atomic E-state index is 12.7. The van der Waals surface area contributed by atoms with Gasteiger partial charge < -0.3 is 10.2 Å². The van der Waals surface area contributed by atoms with Gasteiger partial charge in [0.15, 0.2) is 0 Å². The van der Waals surface area contributed by atoms with Crippen molar-refractivity contribution in [3.05, 3.63) is 90.3 Å². The maximum atomic E-state index is 12.7. The summed E-state index contributed by atoms with van der Waals surface area (Å²) in [7, 11) is 0. The van der Waals surface area contributed by atoms with Crippen LogP contribution in [0.15, 0.2) is 79.1 Å². The molecule has 154 valence electrons. The van der Waals surface area contributed by atoms with E-state index in [1.54, 1.807) is 12.4 Å². The third-order valence-corrected chi connectivity index (χ3v) is 5.84. The Hall–Kier alpha value is -3.21. The van der Waals surface area contributed by atoms with Crippen molar-refractivity contribution >= 4 is 11.9 Å². The number of piperidine rings is 1. The van der Waals surface area contributed by atoms with Gasteiger partial charge in [0, 0.05) is 43.9 Å². The van der Waals surface area contributed by atoms with E-state index in [4.69, 9.17) is 0 Å². The van der Waals surface area contributed by atoms with Gasteiger partial charge in [-0.15, -0.1) is 0 Å². The molecule has 5 nitrogen and oxygen atoms in total. The Morgan fingerprint density at radius 3 is 2.03 bits per heavy atom. The van der Waals surface area contributed by atoms with E-state index >= 15 is 0 Å². The van der Waals surface area contributed by atoms with E-state index in [9.17, 15) is 4.79 Å². The average molecular weight is 401 g/mol. The molecular weight excluding hydrogens is 372 g/mol. The zero-order valence-corrected chi connectivity index (χ0v) is 17.2. The van der Waals surface area contributed by atoms with Crippen LogP contribution in [0.1, 0.15) is 36.3 Å². The van der Waals surface area contributed by atoms with Crippen molar-refractivity contribution in [3.63, 3.8) is 0 Å². The van der Waals surface area contributed by atoms with E-state index in [0.717, 1.165) is 38.3 Å². The molecule has 0 spiro atoms. The molecule has 0 atom stereocenters. The van der Waals surface area contributed by atoms with E-state index in [1.807, 2.05) is 18.2 Å². The second kappa shape index (κ2) is 10.0. The quantitative estimate of drug-likeness (QED) is 0.651. The number of nitrogens with zero attached hydrogens (tertiary/aromatic N) is 3. The minimum absolute atomic E-state index is 0.0665. The monoisotopic (exact) mass is 400 g/mol. The highest BCUT2D eigenvalue weighted by Gasteiger charge is 2.26. The van der Waals surface area contributed by atoms with Crippen LogP contribution in [0, 0.1) is 5.92 Å². The van der Waals surface area contributed by atoms with Gasteiger partial charge in [0.2, 0.25) is 11.9 Å². The summed E-state index contributed by atoms with van der Waals surface area (Å²) in [6.07, 6.45) is 6.08. The van der Waals surface area contributed by atoms with Gasteiger partial charge in [-0.2, -0.15) is 0 Å². The van der Waals surface area contributed by atoms with Crippen LogP contribution < -0.4 is 10.2 Å². The van der Waals surface area contributed by atoms with E-state index in [-0.39, 0.29) is 17.7 Å². The van der Waals surface area contributed by atoms with Gasteiger partial charge in [-0.3, -0.25) is 4.79 Å². The molecule has 1 aromatic heterocycles. The molecule has 3 aromatic rings. The number of amides is 1. The van der Waals surface area contributed by atoms with Gasteiger partial charge in [-0.25, -0.2) is 9.97 Å². The third-order valence-electron chi connectivity index (χ3n) is 5.84. The van der Waals surface area contributed by atoms with Gasteiger partial charge in [-0.05, 0) is 36.5 Å². The molecule has 0 bridgehead atoms. The summed E-state index contributed by atoms with van der Waals surface area (Å²) in [5, 5.41) is 3.19. The molecule has 5 heteroatoms. The molecule has 4 rings (SSSR count). The van der Waals surface area contributed by atoms with Gasteiger partial charge in [0.1, 0.15) is 0 Å². The summed E-state index contributed by atoms with van der Waals surface area (Å²) in [5.41, 5.74) is 2.57. The predicted octanol–water partition coefficient (Wildman–Crippen LogP) is 4.03. The molecule has 0 unspecified atom stereocenters. The summed E-state index contributed by atoms with van der Waals surface area (Å²) in [4.78, 5) is 23.5. The number of aromatic nitrogens is 2. The van der Waals surface area contributed by atoms with E-state index in [1.165, 1.54) is 11.1 Å². The summed E-state index contributed by atoms with van der Waals surface area (Å²) in [6, 6.07) is 22.9. The van der Waals surface area contributed by atoms with Gasteiger partial charge >= 0.3 is 0 Å². The number of carbonyl (C=O) groups is 1. The normalized spacial score (nSPS) is 14.6. The van der Waals surface area contributed by atoms with Crippen LogP contribution in [0.2, 0.25) is 0 Å². The van der Waals surface area contributed by atoms with Crippen LogP contribution in [0.3, 0.4) is 0 Å². The lowest BCUT2D eigenvalue weighted by Crippen LogP contribution is -2.41. The maximum Gasteiger partial charge on any atom is 0.225 e. The third kappa shape index (κ3) is 5.03. The molecule has 0 radical (unpaired) electrons. The highest BCUT2D eigenvalue weighted by molar-refractivity contribution is 5.78. The van der Waals surface area contributed by atoms with Crippen LogP contribution in [-0.2, 0) is 4.79 Å². The Balaban J connectivity index is 1.30. The first-order valence-corrected chi connectivity index (χ1v) is 10.7. The van der Waals surface area contributed by atoms with E-state index in [0.29, 0.717) is 6.54 Å². The number of rotatable bonds is 7. The van der Waals surface area contributed by atoms with E-state index < -0.39 is 0 Å². The summed E-state index contributed by atoms with van der Waals surface area (Å²) in [5.74, 6) is 1.27. The highest BCUT2D eigenvalue weighted by atomic mass is 16.1. The number of hydrogen-bond acceptors (Lipinski definition) is 4. The largest absolute Gasteiger partial charge is 0.356 e. The second-order valence-corrected chi connectivity index (χ2v) is 7.76. The van der Waals surface area contributed by atoms with Crippen LogP contribution >= 0.6 is 0 Å². The van der Waals surface area contributed by atoms with Crippen LogP contribution in [0.5, 0.6) is 0 Å². The van der Waals surface area contributed by atoms with Crippen molar-refractivity contribution in [2.75, 3.05) is 24.5 Å². The van der Waals surface area contributed by atoms with Crippen LogP contribution in [0.25, 0.3) is 0 Å². The molecule has 2 aromatic carbocycles. The van der Waals surface area contributed by atoms with Crippen molar-refractivity contribution in [3.8, 4) is 0 Å². The fourth-order valence-electron chi connectivity index (χ4n) is 4.18. The molecule has 0 saturated carbocycles. The summed E-state index contributed by atoms with van der Waals surface area (Å²) < 4.78 is 0. The number of benzene rings is 2. The fraction of sp³-hybridized carbons (Fsp3) is 0.320. The molecule has 1 fully saturated rings. The summed E-state index contributed by atoms with van der Waals surface area (Å²) in [6.45, 7) is 2.31. The van der Waals surface area contributed by atoms with Gasteiger partial charge in [0.05, 0.1) is 0 Å². The Labute approximate surface area is 178 Å². The first-order valence-electron chi connectivity index (χ1n) is 10.7. The average Bonchev–Trinajstić information content (AvgIpc) is 2.83. The Morgan fingerprint density at radius 2 is 1.47 bits per heavy atom. The standard InChI is InChI=1S/C25H28N4O/c30-24(22-13-18-29(19-14-22)25-27-15-7-16-28-25)26-17-12-23(20-8-3-1-4-9-20)21-10-5-2-6-11-21/h1-11,15-16,22-23H,12-14,17-19H2,(H,26,30). The van der Waals surface area contributed by atoms with Gasteiger partial charge in [-0.1, -0.05) is 60.7 Å². The molecular formula is C25H28N4O. The predicted molar refractivity (Wildman–Crippen MR) is 119 cm³/mol. The van der Waals surface area contributed by atoms with Crippen LogP contribution in [-0.4, -0.2) is 35.5 Å². The van der Waals surface area contributed by atoms with Crippen molar-refractivity contribution < 1.29 is 4.79 Å². The molecule has 1 N–H and O–H groups in total. The lowest BCUT2D eigenvalue weighted by molar-refractivity contribution is -0.125. The molecule has 1 amide bonds. The van der Waals surface area contributed by atoms with E-state index in [2.05, 4.69) is 68.7 Å².